The van der Waals surface area contributed by atoms with E-state index in [2.05, 4.69) is 5.32 Å². The smallest absolute Gasteiger partial charge is 0.321 e. The van der Waals surface area contributed by atoms with E-state index >= 15 is 0 Å². The lowest BCUT2D eigenvalue weighted by Crippen LogP contribution is -2.37. The molecule has 0 aliphatic carbocycles. The molecule has 3 rings (SSSR count). The SMILES string of the molecule is CCOc1cc2c(cc1NC(=O)N1CCC(C)(C(=O)O)C1)OCCO2. The molecular weight excluding hydrogens is 328 g/mol. The Balaban J connectivity index is 1.77. The average molecular weight is 350 g/mol. The number of nitrogens with one attached hydrogen (secondary N) is 1. The molecule has 1 unspecified atom stereocenters. The Morgan fingerprint density at radius 2 is 2.00 bits per heavy atom. The Kier molecular flexibility index (Phi) is 4.61. The summed E-state index contributed by atoms with van der Waals surface area (Å²) in [5.41, 5.74) is -0.438. The molecule has 2 N–H and O–H groups in total. The van der Waals surface area contributed by atoms with Crippen LogP contribution in [0, 0.1) is 5.41 Å². The molecule has 0 radical (unpaired) electrons. The van der Waals surface area contributed by atoms with Gasteiger partial charge in [-0.05, 0) is 20.3 Å². The Hall–Kier alpha value is -2.64. The molecule has 2 aliphatic heterocycles. The van der Waals surface area contributed by atoms with Gasteiger partial charge in [-0.3, -0.25) is 4.79 Å². The van der Waals surface area contributed by atoms with Gasteiger partial charge in [0, 0.05) is 25.2 Å². The van der Waals surface area contributed by atoms with Crippen molar-refractivity contribution in [2.45, 2.75) is 20.3 Å². The quantitative estimate of drug-likeness (QED) is 0.864. The number of hydrogen-bond donors (Lipinski definition) is 2. The largest absolute Gasteiger partial charge is 0.492 e. The number of hydrogen-bond acceptors (Lipinski definition) is 5. The summed E-state index contributed by atoms with van der Waals surface area (Å²) in [6, 6.07) is 3.01. The van der Waals surface area contributed by atoms with Crippen molar-refractivity contribution in [2.24, 2.45) is 5.41 Å². The second-order valence-corrected chi connectivity index (χ2v) is 6.39. The summed E-state index contributed by atoms with van der Waals surface area (Å²) in [6.45, 7) is 5.40. The van der Waals surface area contributed by atoms with Gasteiger partial charge >= 0.3 is 12.0 Å². The minimum Gasteiger partial charge on any atom is -0.492 e. The summed E-state index contributed by atoms with van der Waals surface area (Å²) in [4.78, 5) is 25.4. The van der Waals surface area contributed by atoms with E-state index < -0.39 is 11.4 Å². The van der Waals surface area contributed by atoms with Gasteiger partial charge < -0.3 is 29.5 Å². The van der Waals surface area contributed by atoms with E-state index in [1.54, 1.807) is 19.1 Å². The number of fused-ring (bicyclic) bond motifs is 1. The van der Waals surface area contributed by atoms with Crippen LogP contribution in [0.5, 0.6) is 17.2 Å². The van der Waals surface area contributed by atoms with E-state index in [1.165, 1.54) is 4.90 Å². The molecule has 2 aliphatic rings. The zero-order valence-electron chi connectivity index (χ0n) is 14.3. The maximum atomic E-state index is 12.5. The zero-order chi connectivity index (χ0) is 18.0. The molecule has 1 fully saturated rings. The van der Waals surface area contributed by atoms with Crippen molar-refractivity contribution >= 4 is 17.7 Å². The van der Waals surface area contributed by atoms with Crippen molar-refractivity contribution in [3.8, 4) is 17.2 Å². The third-order valence-electron chi connectivity index (χ3n) is 4.46. The molecule has 1 aromatic rings. The minimum absolute atomic E-state index is 0.169. The van der Waals surface area contributed by atoms with Crippen LogP contribution in [0.25, 0.3) is 0 Å². The van der Waals surface area contributed by atoms with Crippen LogP contribution in [0.4, 0.5) is 10.5 Å². The minimum atomic E-state index is -0.910. The molecule has 8 heteroatoms. The first-order chi connectivity index (χ1) is 11.9. The molecular formula is C17H22N2O6. The van der Waals surface area contributed by atoms with Gasteiger partial charge in [0.15, 0.2) is 11.5 Å². The normalized spacial score (nSPS) is 21.8. The second-order valence-electron chi connectivity index (χ2n) is 6.39. The molecule has 0 saturated carbocycles. The van der Waals surface area contributed by atoms with Gasteiger partial charge in [0.05, 0.1) is 17.7 Å². The molecule has 1 aromatic carbocycles. The van der Waals surface area contributed by atoms with E-state index in [-0.39, 0.29) is 12.6 Å². The summed E-state index contributed by atoms with van der Waals surface area (Å²) in [7, 11) is 0. The first kappa shape index (κ1) is 17.2. The lowest BCUT2D eigenvalue weighted by atomic mass is 9.90. The van der Waals surface area contributed by atoms with Gasteiger partial charge in [-0.1, -0.05) is 0 Å². The average Bonchev–Trinajstić information content (AvgIpc) is 2.99. The highest BCUT2D eigenvalue weighted by Gasteiger charge is 2.42. The topological polar surface area (TPSA) is 97.3 Å². The Bertz CT molecular complexity index is 692. The number of carbonyl (C=O) groups excluding carboxylic acids is 1. The van der Waals surface area contributed by atoms with E-state index in [0.29, 0.717) is 55.7 Å². The highest BCUT2D eigenvalue weighted by atomic mass is 16.6. The van der Waals surface area contributed by atoms with Crippen molar-refractivity contribution in [3.05, 3.63) is 12.1 Å². The van der Waals surface area contributed by atoms with Gasteiger partial charge in [-0.2, -0.15) is 0 Å². The molecule has 2 amide bonds. The van der Waals surface area contributed by atoms with Crippen LogP contribution in [0.1, 0.15) is 20.3 Å². The molecule has 0 aromatic heterocycles. The number of carboxylic acids is 1. The molecule has 136 valence electrons. The highest BCUT2D eigenvalue weighted by molar-refractivity contribution is 5.92. The van der Waals surface area contributed by atoms with Gasteiger partial charge in [0.2, 0.25) is 0 Å². The van der Waals surface area contributed by atoms with Crippen molar-refractivity contribution in [1.82, 2.24) is 4.90 Å². The van der Waals surface area contributed by atoms with E-state index in [1.807, 2.05) is 6.92 Å². The number of amides is 2. The van der Waals surface area contributed by atoms with Crippen molar-refractivity contribution in [1.29, 1.82) is 0 Å². The van der Waals surface area contributed by atoms with Gasteiger partial charge in [0.1, 0.15) is 19.0 Å². The third kappa shape index (κ3) is 3.42. The van der Waals surface area contributed by atoms with Crippen molar-refractivity contribution in [3.63, 3.8) is 0 Å². The number of carboxylic acid groups (broad SMARTS) is 1. The molecule has 1 atom stereocenters. The first-order valence-electron chi connectivity index (χ1n) is 8.29. The van der Waals surface area contributed by atoms with E-state index in [0.717, 1.165) is 0 Å². The summed E-state index contributed by atoms with van der Waals surface area (Å²) in [5.74, 6) is 0.714. The van der Waals surface area contributed by atoms with Crippen LogP contribution in [-0.4, -0.2) is 54.9 Å². The first-order valence-corrected chi connectivity index (χ1v) is 8.29. The van der Waals surface area contributed by atoms with Crippen LogP contribution >= 0.6 is 0 Å². The number of likely N-dealkylation sites (tertiary alicyclic amines) is 1. The number of aliphatic carboxylic acids is 1. The Labute approximate surface area is 145 Å². The molecule has 1 saturated heterocycles. The highest BCUT2D eigenvalue weighted by Crippen LogP contribution is 2.40. The summed E-state index contributed by atoms with van der Waals surface area (Å²) >= 11 is 0. The number of ether oxygens (including phenoxy) is 3. The van der Waals surface area contributed by atoms with Gasteiger partial charge in [-0.25, -0.2) is 4.79 Å². The number of rotatable bonds is 4. The van der Waals surface area contributed by atoms with Crippen LogP contribution in [0.15, 0.2) is 12.1 Å². The zero-order valence-corrected chi connectivity index (χ0v) is 14.3. The number of anilines is 1. The number of urea groups is 1. The summed E-state index contributed by atoms with van der Waals surface area (Å²) in [6.07, 6.45) is 0.426. The molecule has 25 heavy (non-hydrogen) atoms. The number of benzene rings is 1. The monoisotopic (exact) mass is 350 g/mol. The lowest BCUT2D eigenvalue weighted by molar-refractivity contribution is -0.146. The lowest BCUT2D eigenvalue weighted by Gasteiger charge is -2.23. The maximum absolute atomic E-state index is 12.5. The number of carbonyl (C=O) groups is 2. The van der Waals surface area contributed by atoms with Crippen LogP contribution in [-0.2, 0) is 4.79 Å². The fourth-order valence-electron chi connectivity index (χ4n) is 2.95. The van der Waals surface area contributed by atoms with Crippen LogP contribution < -0.4 is 19.5 Å². The van der Waals surface area contributed by atoms with E-state index in [9.17, 15) is 14.7 Å². The van der Waals surface area contributed by atoms with Crippen molar-refractivity contribution < 1.29 is 28.9 Å². The van der Waals surface area contributed by atoms with Gasteiger partial charge in [-0.15, -0.1) is 0 Å². The van der Waals surface area contributed by atoms with E-state index in [4.69, 9.17) is 14.2 Å². The Morgan fingerprint density at radius 1 is 1.32 bits per heavy atom. The molecule has 0 spiro atoms. The predicted octanol–water partition coefficient (Wildman–Crippen LogP) is 2.18. The third-order valence-corrected chi connectivity index (χ3v) is 4.46. The number of nitrogens with zero attached hydrogens (tertiary/aromatic N) is 1. The van der Waals surface area contributed by atoms with Crippen molar-refractivity contribution in [2.75, 3.05) is 38.2 Å². The summed E-state index contributed by atoms with van der Waals surface area (Å²) < 4.78 is 16.7. The molecule has 2 heterocycles. The summed E-state index contributed by atoms with van der Waals surface area (Å²) in [5, 5.41) is 12.1. The fraction of sp³-hybridized carbons (Fsp3) is 0.529. The Morgan fingerprint density at radius 3 is 2.60 bits per heavy atom. The fourth-order valence-corrected chi connectivity index (χ4v) is 2.95. The second kappa shape index (κ2) is 6.70. The van der Waals surface area contributed by atoms with Gasteiger partial charge in [0.25, 0.3) is 0 Å². The molecule has 0 bridgehead atoms. The standard InChI is InChI=1S/C17H22N2O6/c1-3-23-12-9-14-13(24-6-7-25-14)8-11(12)18-16(22)19-5-4-17(2,10-19)15(20)21/h8-9H,3-7,10H2,1-2H3,(H,18,22)(H,20,21). The maximum Gasteiger partial charge on any atom is 0.321 e. The van der Waals surface area contributed by atoms with Crippen LogP contribution in [0.3, 0.4) is 0 Å². The van der Waals surface area contributed by atoms with Crippen LogP contribution in [0.2, 0.25) is 0 Å². The predicted molar refractivity (Wildman–Crippen MR) is 89.6 cm³/mol. The molecule has 8 nitrogen and oxygen atoms in total.